The molecule has 0 aliphatic carbocycles. The predicted molar refractivity (Wildman–Crippen MR) is 115 cm³/mol. The summed E-state index contributed by atoms with van der Waals surface area (Å²) in [4.78, 5) is 48.5. The Bertz CT molecular complexity index is 990. The van der Waals surface area contributed by atoms with Gasteiger partial charge in [0, 0.05) is 17.0 Å². The van der Waals surface area contributed by atoms with Gasteiger partial charge in [-0.2, -0.15) is 0 Å². The first-order valence-corrected chi connectivity index (χ1v) is 10.6. The molecule has 0 bridgehead atoms. The molecule has 1 unspecified atom stereocenters. The highest BCUT2D eigenvalue weighted by Gasteiger charge is 2.42. The van der Waals surface area contributed by atoms with E-state index in [1.807, 2.05) is 19.1 Å². The van der Waals surface area contributed by atoms with Crippen LogP contribution in [0.15, 0.2) is 53.4 Å². The second-order valence-corrected chi connectivity index (χ2v) is 8.11. The average Bonchev–Trinajstić information content (AvgIpc) is 2.73. The average molecular weight is 426 g/mol. The van der Waals surface area contributed by atoms with Crippen LogP contribution in [0.2, 0.25) is 0 Å². The topological polar surface area (TPSA) is 118 Å². The zero-order valence-electron chi connectivity index (χ0n) is 16.6. The predicted octanol–water partition coefficient (Wildman–Crippen LogP) is 2.60. The van der Waals surface area contributed by atoms with Crippen LogP contribution in [0.3, 0.4) is 0 Å². The fourth-order valence-electron chi connectivity index (χ4n) is 3.57. The molecule has 1 fully saturated rings. The van der Waals surface area contributed by atoms with Gasteiger partial charge in [0.15, 0.2) is 0 Å². The number of nitrogens with two attached hydrogens (primary N) is 1. The molecule has 1 atom stereocenters. The molecule has 0 spiro atoms. The van der Waals surface area contributed by atoms with E-state index in [1.54, 1.807) is 36.4 Å². The van der Waals surface area contributed by atoms with Crippen LogP contribution >= 0.6 is 11.8 Å². The number of rotatable bonds is 7. The van der Waals surface area contributed by atoms with Crippen molar-refractivity contribution < 1.29 is 19.2 Å². The molecular weight excluding hydrogens is 402 g/mol. The van der Waals surface area contributed by atoms with Crippen LogP contribution in [-0.2, 0) is 19.8 Å². The molecule has 0 radical (unpaired) electrons. The van der Waals surface area contributed by atoms with E-state index < -0.39 is 11.3 Å². The van der Waals surface area contributed by atoms with Crippen LogP contribution in [0.1, 0.15) is 42.1 Å². The molecule has 7 nitrogen and oxygen atoms in total. The summed E-state index contributed by atoms with van der Waals surface area (Å²) in [5, 5.41) is 5.27. The van der Waals surface area contributed by atoms with Gasteiger partial charge in [-0.25, -0.2) is 0 Å². The number of carbonyl (C=O) groups is 4. The zero-order chi connectivity index (χ0) is 21.7. The fourth-order valence-corrected chi connectivity index (χ4v) is 4.35. The van der Waals surface area contributed by atoms with E-state index in [0.29, 0.717) is 35.4 Å². The Kier molecular flexibility index (Phi) is 6.56. The van der Waals surface area contributed by atoms with Crippen molar-refractivity contribution in [2.24, 2.45) is 5.73 Å². The molecule has 1 aliphatic heterocycles. The number of carbonyl (C=O) groups excluding carboxylic acids is 4. The monoisotopic (exact) mass is 425 g/mol. The van der Waals surface area contributed by atoms with Crippen molar-refractivity contribution in [3.63, 3.8) is 0 Å². The SMILES string of the molecule is CCC1(c2ccc(NC(=O)c3ccccc3SCC(N)=O)cc2)CCC(=O)NC1=O. The van der Waals surface area contributed by atoms with Gasteiger partial charge in [0.25, 0.3) is 5.91 Å². The lowest BCUT2D eigenvalue weighted by molar-refractivity contribution is -0.138. The molecule has 1 saturated heterocycles. The van der Waals surface area contributed by atoms with Gasteiger partial charge in [-0.05, 0) is 42.7 Å². The zero-order valence-corrected chi connectivity index (χ0v) is 17.4. The van der Waals surface area contributed by atoms with Crippen LogP contribution < -0.4 is 16.4 Å². The third kappa shape index (κ3) is 4.54. The highest BCUT2D eigenvalue weighted by atomic mass is 32.2. The van der Waals surface area contributed by atoms with Crippen LogP contribution in [0.4, 0.5) is 5.69 Å². The Morgan fingerprint density at radius 2 is 1.83 bits per heavy atom. The molecule has 30 heavy (non-hydrogen) atoms. The number of imide groups is 1. The number of thioether (sulfide) groups is 1. The number of nitrogens with one attached hydrogen (secondary N) is 2. The summed E-state index contributed by atoms with van der Waals surface area (Å²) in [6.07, 6.45) is 1.34. The molecule has 3 rings (SSSR count). The van der Waals surface area contributed by atoms with E-state index >= 15 is 0 Å². The van der Waals surface area contributed by atoms with E-state index in [4.69, 9.17) is 5.73 Å². The van der Waals surface area contributed by atoms with E-state index in [2.05, 4.69) is 10.6 Å². The van der Waals surface area contributed by atoms with Crippen LogP contribution in [-0.4, -0.2) is 29.4 Å². The Labute approximate surface area is 178 Å². The van der Waals surface area contributed by atoms with Crippen molar-refractivity contribution in [3.8, 4) is 0 Å². The van der Waals surface area contributed by atoms with Gasteiger partial charge in [0.05, 0.1) is 16.7 Å². The van der Waals surface area contributed by atoms with Gasteiger partial charge < -0.3 is 11.1 Å². The third-order valence-corrected chi connectivity index (χ3v) is 6.36. The number of piperidine rings is 1. The first kappa shape index (κ1) is 21.6. The van der Waals surface area contributed by atoms with E-state index in [9.17, 15) is 19.2 Å². The summed E-state index contributed by atoms with van der Waals surface area (Å²) in [5.74, 6) is -1.20. The molecule has 4 N–H and O–H groups in total. The summed E-state index contributed by atoms with van der Waals surface area (Å²) < 4.78 is 0. The number of amides is 4. The van der Waals surface area contributed by atoms with Crippen molar-refractivity contribution in [1.82, 2.24) is 5.32 Å². The summed E-state index contributed by atoms with van der Waals surface area (Å²) >= 11 is 1.21. The van der Waals surface area contributed by atoms with E-state index in [-0.39, 0.29) is 23.5 Å². The van der Waals surface area contributed by atoms with Gasteiger partial charge in [-0.1, -0.05) is 31.2 Å². The molecule has 0 aromatic heterocycles. The molecule has 2 aromatic rings. The quantitative estimate of drug-likeness (QED) is 0.465. The first-order chi connectivity index (χ1) is 14.4. The van der Waals surface area contributed by atoms with Crippen LogP contribution in [0.25, 0.3) is 0 Å². The standard InChI is InChI=1S/C22H23N3O4S/c1-2-22(12-11-19(27)25-21(22)29)14-7-9-15(10-8-14)24-20(28)16-5-3-4-6-17(16)30-13-18(23)26/h3-10H,2,11-13H2,1H3,(H2,23,26)(H,24,28)(H,25,27,29). The number of hydrogen-bond acceptors (Lipinski definition) is 5. The van der Waals surface area contributed by atoms with Crippen molar-refractivity contribution in [2.75, 3.05) is 11.1 Å². The van der Waals surface area contributed by atoms with Gasteiger partial charge in [0.1, 0.15) is 0 Å². The summed E-state index contributed by atoms with van der Waals surface area (Å²) in [5.41, 5.74) is 6.29. The van der Waals surface area contributed by atoms with Crippen molar-refractivity contribution in [1.29, 1.82) is 0 Å². The minimum atomic E-state index is -0.742. The van der Waals surface area contributed by atoms with Crippen LogP contribution in [0.5, 0.6) is 0 Å². The lowest BCUT2D eigenvalue weighted by Crippen LogP contribution is -2.51. The van der Waals surface area contributed by atoms with Crippen molar-refractivity contribution in [2.45, 2.75) is 36.5 Å². The number of anilines is 1. The van der Waals surface area contributed by atoms with Gasteiger partial charge in [0.2, 0.25) is 17.7 Å². The van der Waals surface area contributed by atoms with Gasteiger partial charge in [-0.15, -0.1) is 11.8 Å². The lowest BCUT2D eigenvalue weighted by Gasteiger charge is -2.35. The number of primary amides is 1. The molecular formula is C22H23N3O4S. The molecule has 1 aliphatic rings. The third-order valence-electron chi connectivity index (χ3n) is 5.27. The molecule has 156 valence electrons. The number of hydrogen-bond donors (Lipinski definition) is 3. The van der Waals surface area contributed by atoms with Gasteiger partial charge >= 0.3 is 0 Å². The maximum Gasteiger partial charge on any atom is 0.256 e. The smallest absolute Gasteiger partial charge is 0.256 e. The Morgan fingerprint density at radius 1 is 1.13 bits per heavy atom. The van der Waals surface area contributed by atoms with Crippen molar-refractivity contribution >= 4 is 41.1 Å². The normalized spacial score (nSPS) is 18.6. The first-order valence-electron chi connectivity index (χ1n) is 9.62. The highest BCUT2D eigenvalue weighted by Crippen LogP contribution is 2.36. The maximum atomic E-state index is 12.7. The second kappa shape index (κ2) is 9.13. The maximum absolute atomic E-state index is 12.7. The lowest BCUT2D eigenvalue weighted by atomic mass is 9.72. The molecule has 8 heteroatoms. The fraction of sp³-hybridized carbons (Fsp3) is 0.273. The summed E-state index contributed by atoms with van der Waals surface area (Å²) in [6.45, 7) is 1.92. The summed E-state index contributed by atoms with van der Waals surface area (Å²) in [6, 6.07) is 14.1. The largest absolute Gasteiger partial charge is 0.369 e. The Hall–Kier alpha value is -3.13. The minimum absolute atomic E-state index is 0.0860. The molecule has 4 amide bonds. The summed E-state index contributed by atoms with van der Waals surface area (Å²) in [7, 11) is 0. The van der Waals surface area contributed by atoms with Crippen LogP contribution in [0, 0.1) is 0 Å². The van der Waals surface area contributed by atoms with Crippen molar-refractivity contribution in [3.05, 3.63) is 59.7 Å². The number of benzene rings is 2. The Balaban J connectivity index is 1.76. The minimum Gasteiger partial charge on any atom is -0.369 e. The van der Waals surface area contributed by atoms with E-state index in [0.717, 1.165) is 5.56 Å². The molecule has 1 heterocycles. The van der Waals surface area contributed by atoms with E-state index in [1.165, 1.54) is 11.8 Å². The Morgan fingerprint density at radius 3 is 2.47 bits per heavy atom. The highest BCUT2D eigenvalue weighted by molar-refractivity contribution is 8.00. The second-order valence-electron chi connectivity index (χ2n) is 7.10. The molecule has 2 aromatic carbocycles. The molecule has 0 saturated carbocycles. The van der Waals surface area contributed by atoms with Gasteiger partial charge in [-0.3, -0.25) is 24.5 Å².